The molecule has 1 N–H and O–H groups in total. The SMILES string of the molecule is Cc1csc(=O)n1CC(=O)N(C)Cc1ccccc1O. The molecular formula is C14H16N2O3S. The Balaban J connectivity index is 2.07. The maximum atomic E-state index is 12.1. The molecule has 0 aliphatic rings. The van der Waals surface area contributed by atoms with Gasteiger partial charge in [0.25, 0.3) is 0 Å². The van der Waals surface area contributed by atoms with E-state index in [0.717, 1.165) is 17.0 Å². The number of aromatic nitrogens is 1. The minimum absolute atomic E-state index is 0.0261. The van der Waals surface area contributed by atoms with Crippen LogP contribution in [-0.4, -0.2) is 27.5 Å². The normalized spacial score (nSPS) is 10.5. The average molecular weight is 292 g/mol. The van der Waals surface area contributed by atoms with E-state index in [1.807, 2.05) is 0 Å². The van der Waals surface area contributed by atoms with Gasteiger partial charge in [-0.1, -0.05) is 29.5 Å². The second-order valence-corrected chi connectivity index (χ2v) is 5.43. The van der Waals surface area contributed by atoms with Crippen LogP contribution in [0, 0.1) is 6.92 Å². The Morgan fingerprint density at radius 3 is 2.70 bits per heavy atom. The van der Waals surface area contributed by atoms with Gasteiger partial charge in [-0.25, -0.2) is 0 Å². The molecule has 0 aliphatic heterocycles. The Labute approximate surface area is 120 Å². The first-order chi connectivity index (χ1) is 9.49. The number of rotatable bonds is 4. The second-order valence-electron chi connectivity index (χ2n) is 4.61. The molecule has 0 atom stereocenters. The van der Waals surface area contributed by atoms with Crippen LogP contribution in [0.5, 0.6) is 5.75 Å². The molecule has 2 rings (SSSR count). The van der Waals surface area contributed by atoms with E-state index >= 15 is 0 Å². The van der Waals surface area contributed by atoms with Gasteiger partial charge in [0.15, 0.2) is 0 Å². The van der Waals surface area contributed by atoms with Gasteiger partial charge in [0.05, 0.1) is 0 Å². The van der Waals surface area contributed by atoms with Crippen LogP contribution >= 0.6 is 11.3 Å². The highest BCUT2D eigenvalue weighted by molar-refractivity contribution is 7.07. The van der Waals surface area contributed by atoms with Gasteiger partial charge in [-0.05, 0) is 13.0 Å². The molecule has 1 amide bonds. The number of aryl methyl sites for hydroxylation is 1. The molecule has 0 aliphatic carbocycles. The van der Waals surface area contributed by atoms with Crippen molar-refractivity contribution < 1.29 is 9.90 Å². The summed E-state index contributed by atoms with van der Waals surface area (Å²) in [6.07, 6.45) is 0. The van der Waals surface area contributed by atoms with E-state index in [1.54, 1.807) is 43.6 Å². The monoisotopic (exact) mass is 292 g/mol. The van der Waals surface area contributed by atoms with Crippen LogP contribution in [-0.2, 0) is 17.9 Å². The predicted octanol–water partition coefficient (Wildman–Crippen LogP) is 1.58. The first-order valence-electron chi connectivity index (χ1n) is 6.15. The van der Waals surface area contributed by atoms with E-state index in [4.69, 9.17) is 0 Å². The Morgan fingerprint density at radius 2 is 2.10 bits per heavy atom. The summed E-state index contributed by atoms with van der Waals surface area (Å²) in [6, 6.07) is 6.89. The van der Waals surface area contributed by atoms with E-state index in [9.17, 15) is 14.7 Å². The van der Waals surface area contributed by atoms with Crippen LogP contribution in [0.4, 0.5) is 0 Å². The fourth-order valence-corrected chi connectivity index (χ4v) is 2.57. The Bertz CT molecular complexity index is 675. The van der Waals surface area contributed by atoms with Crippen molar-refractivity contribution in [1.29, 1.82) is 0 Å². The van der Waals surface area contributed by atoms with Crippen molar-refractivity contribution in [1.82, 2.24) is 9.47 Å². The molecule has 1 aromatic heterocycles. The number of hydrogen-bond acceptors (Lipinski definition) is 4. The number of carbonyl (C=O) groups excluding carboxylic acids is 1. The first kappa shape index (κ1) is 14.3. The van der Waals surface area contributed by atoms with Crippen molar-refractivity contribution in [3.8, 4) is 5.75 Å². The average Bonchev–Trinajstić information content (AvgIpc) is 2.73. The Kier molecular flexibility index (Phi) is 4.24. The number of phenols is 1. The second kappa shape index (κ2) is 5.92. The summed E-state index contributed by atoms with van der Waals surface area (Å²) >= 11 is 1.09. The molecule has 0 saturated carbocycles. The largest absolute Gasteiger partial charge is 0.508 e. The van der Waals surface area contributed by atoms with Gasteiger partial charge in [-0.2, -0.15) is 0 Å². The van der Waals surface area contributed by atoms with Gasteiger partial charge >= 0.3 is 4.87 Å². The van der Waals surface area contributed by atoms with Crippen LogP contribution in [0.1, 0.15) is 11.3 Å². The molecule has 0 radical (unpaired) electrons. The van der Waals surface area contributed by atoms with Crippen LogP contribution in [0.25, 0.3) is 0 Å². The molecule has 5 nitrogen and oxygen atoms in total. The number of nitrogens with zero attached hydrogens (tertiary/aromatic N) is 2. The number of carbonyl (C=O) groups is 1. The molecule has 1 heterocycles. The predicted molar refractivity (Wildman–Crippen MR) is 77.9 cm³/mol. The maximum absolute atomic E-state index is 12.1. The zero-order valence-corrected chi connectivity index (χ0v) is 12.2. The Morgan fingerprint density at radius 1 is 1.40 bits per heavy atom. The third-order valence-corrected chi connectivity index (χ3v) is 3.98. The minimum atomic E-state index is -0.170. The number of thiazole rings is 1. The highest BCUT2D eigenvalue weighted by Crippen LogP contribution is 2.17. The number of phenolic OH excluding ortho intramolecular Hbond substituents is 1. The molecule has 0 saturated heterocycles. The zero-order valence-electron chi connectivity index (χ0n) is 11.4. The molecule has 1 aromatic carbocycles. The highest BCUT2D eigenvalue weighted by Gasteiger charge is 2.14. The quantitative estimate of drug-likeness (QED) is 0.930. The van der Waals surface area contributed by atoms with Gasteiger partial charge < -0.3 is 10.0 Å². The summed E-state index contributed by atoms with van der Waals surface area (Å²) < 4.78 is 1.45. The van der Waals surface area contributed by atoms with Gasteiger partial charge in [0.2, 0.25) is 5.91 Å². The number of aromatic hydroxyl groups is 1. The number of likely N-dealkylation sites (N-methyl/N-ethyl adjacent to an activating group) is 1. The topological polar surface area (TPSA) is 62.5 Å². The number of amides is 1. The lowest BCUT2D eigenvalue weighted by molar-refractivity contribution is -0.131. The van der Waals surface area contributed by atoms with Crippen molar-refractivity contribution in [2.24, 2.45) is 0 Å². The van der Waals surface area contributed by atoms with Crippen LogP contribution in [0.2, 0.25) is 0 Å². The van der Waals surface area contributed by atoms with Crippen molar-refractivity contribution in [3.63, 3.8) is 0 Å². The highest BCUT2D eigenvalue weighted by atomic mass is 32.1. The summed E-state index contributed by atoms with van der Waals surface area (Å²) in [5.74, 6) is -0.00659. The number of hydrogen-bond donors (Lipinski definition) is 1. The number of benzene rings is 1. The molecule has 106 valence electrons. The smallest absolute Gasteiger partial charge is 0.307 e. The Hall–Kier alpha value is -2.08. The third-order valence-electron chi connectivity index (χ3n) is 3.09. The maximum Gasteiger partial charge on any atom is 0.307 e. The van der Waals surface area contributed by atoms with E-state index in [-0.39, 0.29) is 23.1 Å². The molecular weight excluding hydrogens is 276 g/mol. The summed E-state index contributed by atoms with van der Waals surface area (Å²) in [5, 5.41) is 11.4. The minimum Gasteiger partial charge on any atom is -0.508 e. The van der Waals surface area contributed by atoms with Crippen molar-refractivity contribution in [3.05, 3.63) is 50.6 Å². The molecule has 2 aromatic rings. The van der Waals surface area contributed by atoms with Crippen LogP contribution in [0.3, 0.4) is 0 Å². The van der Waals surface area contributed by atoms with Crippen LogP contribution in [0.15, 0.2) is 34.4 Å². The summed E-state index contributed by atoms with van der Waals surface area (Å²) in [4.78, 5) is 25.1. The summed E-state index contributed by atoms with van der Waals surface area (Å²) in [7, 11) is 1.65. The fourth-order valence-electron chi connectivity index (χ4n) is 1.84. The molecule has 0 unspecified atom stereocenters. The lowest BCUT2D eigenvalue weighted by Crippen LogP contribution is -2.32. The van der Waals surface area contributed by atoms with E-state index in [2.05, 4.69) is 0 Å². The summed E-state index contributed by atoms with van der Waals surface area (Å²) in [5.41, 5.74) is 1.46. The third kappa shape index (κ3) is 3.08. The van der Waals surface area contributed by atoms with Gasteiger partial charge in [0.1, 0.15) is 12.3 Å². The van der Waals surface area contributed by atoms with Gasteiger partial charge in [0, 0.05) is 30.2 Å². The van der Waals surface area contributed by atoms with E-state index in [1.165, 1.54) is 9.47 Å². The van der Waals surface area contributed by atoms with E-state index < -0.39 is 0 Å². The first-order valence-corrected chi connectivity index (χ1v) is 7.02. The molecule has 6 heteroatoms. The standard InChI is InChI=1S/C14H16N2O3S/c1-10-9-20-14(19)16(10)8-13(18)15(2)7-11-5-3-4-6-12(11)17/h3-6,9,17H,7-8H2,1-2H3. The lowest BCUT2D eigenvalue weighted by atomic mass is 10.2. The molecule has 0 bridgehead atoms. The molecule has 20 heavy (non-hydrogen) atoms. The van der Waals surface area contributed by atoms with Crippen molar-refractivity contribution >= 4 is 17.2 Å². The molecule has 0 fully saturated rings. The lowest BCUT2D eigenvalue weighted by Gasteiger charge is -2.18. The van der Waals surface area contributed by atoms with Gasteiger partial charge in [-0.3, -0.25) is 14.2 Å². The molecule has 0 spiro atoms. The number of para-hydroxylation sites is 1. The fraction of sp³-hybridized carbons (Fsp3) is 0.286. The van der Waals surface area contributed by atoms with Crippen molar-refractivity contribution in [2.45, 2.75) is 20.0 Å². The van der Waals surface area contributed by atoms with Crippen molar-refractivity contribution in [2.75, 3.05) is 7.05 Å². The zero-order chi connectivity index (χ0) is 14.7. The van der Waals surface area contributed by atoms with E-state index in [0.29, 0.717) is 12.1 Å². The summed E-state index contributed by atoms with van der Waals surface area (Å²) in [6.45, 7) is 2.13. The van der Waals surface area contributed by atoms with Crippen LogP contribution < -0.4 is 4.87 Å². The van der Waals surface area contributed by atoms with Gasteiger partial charge in [-0.15, -0.1) is 0 Å².